The molecule has 0 amide bonds. The van der Waals surface area contributed by atoms with E-state index in [1.807, 2.05) is 13.1 Å². The fourth-order valence-electron chi connectivity index (χ4n) is 1.28. The van der Waals surface area contributed by atoms with E-state index in [4.69, 9.17) is 4.74 Å². The smallest absolute Gasteiger partial charge is 0.273 e. The Morgan fingerprint density at radius 2 is 2.20 bits per heavy atom. The normalized spacial score (nSPS) is 10.0. The lowest BCUT2D eigenvalue weighted by Gasteiger charge is -2.04. The lowest BCUT2D eigenvalue weighted by Crippen LogP contribution is -2.10. The number of non-ortho nitro benzene ring substituents is 1. The second-order valence-electron chi connectivity index (χ2n) is 3.15. The molecule has 0 bridgehead atoms. The quantitative estimate of drug-likeness (QED) is 0.588. The van der Waals surface area contributed by atoms with Gasteiger partial charge < -0.3 is 10.1 Å². The highest BCUT2D eigenvalue weighted by Crippen LogP contribution is 2.22. The Hall–Kier alpha value is -1.62. The Morgan fingerprint density at radius 1 is 1.47 bits per heavy atom. The van der Waals surface area contributed by atoms with Crippen LogP contribution in [0.15, 0.2) is 18.2 Å². The van der Waals surface area contributed by atoms with Crippen molar-refractivity contribution in [3.8, 4) is 5.75 Å². The van der Waals surface area contributed by atoms with Gasteiger partial charge in [-0.05, 0) is 31.6 Å². The molecule has 1 N–H and O–H groups in total. The number of benzene rings is 1. The number of nitrogens with zero attached hydrogens (tertiary/aromatic N) is 1. The number of hydrogen-bond acceptors (Lipinski definition) is 4. The average Bonchev–Trinajstić information content (AvgIpc) is 2.25. The zero-order valence-corrected chi connectivity index (χ0v) is 8.82. The van der Waals surface area contributed by atoms with Crippen molar-refractivity contribution < 1.29 is 9.66 Å². The molecule has 1 rings (SSSR count). The first-order valence-electron chi connectivity index (χ1n) is 4.64. The van der Waals surface area contributed by atoms with Crippen molar-refractivity contribution in [3.63, 3.8) is 0 Å². The van der Waals surface area contributed by atoms with Gasteiger partial charge in [0.15, 0.2) is 0 Å². The first kappa shape index (κ1) is 11.5. The molecule has 1 aromatic carbocycles. The van der Waals surface area contributed by atoms with E-state index in [9.17, 15) is 10.1 Å². The van der Waals surface area contributed by atoms with Crippen molar-refractivity contribution in [2.45, 2.75) is 6.42 Å². The van der Waals surface area contributed by atoms with Crippen LogP contribution in [0.4, 0.5) is 5.69 Å². The highest BCUT2D eigenvalue weighted by atomic mass is 16.6. The van der Waals surface area contributed by atoms with Gasteiger partial charge in [0.25, 0.3) is 5.69 Å². The zero-order chi connectivity index (χ0) is 11.3. The number of nitro benzene ring substituents is 1. The van der Waals surface area contributed by atoms with E-state index in [0.717, 1.165) is 18.5 Å². The Balaban J connectivity index is 2.95. The Kier molecular flexibility index (Phi) is 4.05. The lowest BCUT2D eigenvalue weighted by atomic mass is 10.1. The molecule has 0 atom stereocenters. The molecule has 5 nitrogen and oxygen atoms in total. The van der Waals surface area contributed by atoms with E-state index in [2.05, 4.69) is 5.32 Å². The largest absolute Gasteiger partial charge is 0.496 e. The van der Waals surface area contributed by atoms with Gasteiger partial charge in [-0.25, -0.2) is 0 Å². The maximum Gasteiger partial charge on any atom is 0.273 e. The molecule has 0 saturated carbocycles. The summed E-state index contributed by atoms with van der Waals surface area (Å²) in [5, 5.41) is 13.6. The average molecular weight is 210 g/mol. The Bertz CT molecular complexity index is 353. The third kappa shape index (κ3) is 3.21. The number of ether oxygens (including phenoxy) is 1. The summed E-state index contributed by atoms with van der Waals surface area (Å²) in [7, 11) is 3.34. The molecule has 0 unspecified atom stereocenters. The van der Waals surface area contributed by atoms with Gasteiger partial charge in [0.2, 0.25) is 0 Å². The van der Waals surface area contributed by atoms with Crippen LogP contribution >= 0.6 is 0 Å². The second-order valence-corrected chi connectivity index (χ2v) is 3.15. The standard InChI is InChI=1S/C10H14N2O3/c1-11-4-3-8-5-9(12(13)14)7-10(6-8)15-2/h5-7,11H,3-4H2,1-2H3. The van der Waals surface area contributed by atoms with Gasteiger partial charge in [-0.2, -0.15) is 0 Å². The van der Waals surface area contributed by atoms with Gasteiger partial charge >= 0.3 is 0 Å². The number of nitrogens with one attached hydrogen (secondary N) is 1. The van der Waals surface area contributed by atoms with Crippen LogP contribution in [-0.2, 0) is 6.42 Å². The summed E-state index contributed by atoms with van der Waals surface area (Å²) in [5.74, 6) is 0.523. The van der Waals surface area contributed by atoms with Gasteiger partial charge in [0.05, 0.1) is 18.1 Å². The predicted molar refractivity (Wildman–Crippen MR) is 57.3 cm³/mol. The molecule has 0 spiro atoms. The van der Waals surface area contributed by atoms with Gasteiger partial charge in [0, 0.05) is 6.07 Å². The molecule has 15 heavy (non-hydrogen) atoms. The summed E-state index contributed by atoms with van der Waals surface area (Å²) >= 11 is 0. The van der Waals surface area contributed by atoms with Crippen molar-refractivity contribution in [2.75, 3.05) is 20.7 Å². The van der Waals surface area contributed by atoms with Crippen molar-refractivity contribution in [2.24, 2.45) is 0 Å². The molecule has 0 aliphatic heterocycles. The second kappa shape index (κ2) is 5.31. The predicted octanol–water partition coefficient (Wildman–Crippen LogP) is 1.37. The number of nitro groups is 1. The van der Waals surface area contributed by atoms with Crippen LogP contribution in [0.3, 0.4) is 0 Å². The molecule has 0 aromatic heterocycles. The topological polar surface area (TPSA) is 64.4 Å². The van der Waals surface area contributed by atoms with E-state index in [0.29, 0.717) is 5.75 Å². The van der Waals surface area contributed by atoms with E-state index >= 15 is 0 Å². The van der Waals surface area contributed by atoms with Crippen molar-refractivity contribution in [1.82, 2.24) is 5.32 Å². The third-order valence-corrected chi connectivity index (χ3v) is 2.06. The molecule has 1 aromatic rings. The first-order valence-corrected chi connectivity index (χ1v) is 4.64. The number of methoxy groups -OCH3 is 1. The summed E-state index contributed by atoms with van der Waals surface area (Å²) in [4.78, 5) is 10.2. The SMILES string of the molecule is CNCCc1cc(OC)cc([N+](=O)[O-])c1. The molecule has 0 radical (unpaired) electrons. The van der Waals surface area contributed by atoms with Gasteiger partial charge in [0.1, 0.15) is 5.75 Å². The summed E-state index contributed by atoms with van der Waals surface area (Å²) < 4.78 is 5.00. The number of likely N-dealkylation sites (N-methyl/N-ethyl adjacent to an activating group) is 1. The highest BCUT2D eigenvalue weighted by molar-refractivity contribution is 5.42. The molecule has 0 fully saturated rings. The van der Waals surface area contributed by atoms with Crippen LogP contribution < -0.4 is 10.1 Å². The number of hydrogen-bond donors (Lipinski definition) is 1. The maximum atomic E-state index is 10.6. The molecule has 0 saturated heterocycles. The minimum atomic E-state index is -0.411. The molecular formula is C10H14N2O3. The first-order chi connectivity index (χ1) is 7.17. The maximum absolute atomic E-state index is 10.6. The Morgan fingerprint density at radius 3 is 2.73 bits per heavy atom. The van der Waals surface area contributed by atoms with Crippen molar-refractivity contribution >= 4 is 5.69 Å². The van der Waals surface area contributed by atoms with Gasteiger partial charge in [-0.1, -0.05) is 0 Å². The van der Waals surface area contributed by atoms with Crippen LogP contribution in [-0.4, -0.2) is 25.6 Å². The monoisotopic (exact) mass is 210 g/mol. The van der Waals surface area contributed by atoms with Crippen LogP contribution in [0, 0.1) is 10.1 Å². The van der Waals surface area contributed by atoms with Crippen LogP contribution in [0.5, 0.6) is 5.75 Å². The summed E-state index contributed by atoms with van der Waals surface area (Å²) in [5.41, 5.74) is 0.968. The summed E-state index contributed by atoms with van der Waals surface area (Å²) in [6.45, 7) is 0.782. The summed E-state index contributed by atoms with van der Waals surface area (Å²) in [6, 6.07) is 4.80. The van der Waals surface area contributed by atoms with E-state index in [1.54, 1.807) is 6.07 Å². The van der Waals surface area contributed by atoms with Gasteiger partial charge in [-0.15, -0.1) is 0 Å². The fourth-order valence-corrected chi connectivity index (χ4v) is 1.28. The van der Waals surface area contributed by atoms with E-state index < -0.39 is 4.92 Å². The van der Waals surface area contributed by atoms with Crippen molar-refractivity contribution in [3.05, 3.63) is 33.9 Å². The van der Waals surface area contributed by atoms with Crippen LogP contribution in [0.25, 0.3) is 0 Å². The zero-order valence-electron chi connectivity index (χ0n) is 8.82. The van der Waals surface area contributed by atoms with Crippen LogP contribution in [0.1, 0.15) is 5.56 Å². The molecule has 0 aliphatic rings. The van der Waals surface area contributed by atoms with E-state index in [1.165, 1.54) is 13.2 Å². The fraction of sp³-hybridized carbons (Fsp3) is 0.400. The molecule has 0 heterocycles. The van der Waals surface area contributed by atoms with Gasteiger partial charge in [-0.3, -0.25) is 10.1 Å². The minimum absolute atomic E-state index is 0.0699. The van der Waals surface area contributed by atoms with E-state index in [-0.39, 0.29) is 5.69 Å². The molecular weight excluding hydrogens is 196 g/mol. The van der Waals surface area contributed by atoms with Crippen molar-refractivity contribution in [1.29, 1.82) is 0 Å². The Labute approximate surface area is 88.2 Å². The number of rotatable bonds is 5. The molecule has 82 valence electrons. The summed E-state index contributed by atoms with van der Waals surface area (Å²) in [6.07, 6.45) is 0.745. The molecule has 0 aliphatic carbocycles. The van der Waals surface area contributed by atoms with Crippen LogP contribution in [0.2, 0.25) is 0 Å². The lowest BCUT2D eigenvalue weighted by molar-refractivity contribution is -0.385. The minimum Gasteiger partial charge on any atom is -0.496 e. The third-order valence-electron chi connectivity index (χ3n) is 2.06. The highest BCUT2D eigenvalue weighted by Gasteiger charge is 2.09. The molecule has 5 heteroatoms.